The Kier molecular flexibility index (Phi) is 2.91. The summed E-state index contributed by atoms with van der Waals surface area (Å²) < 4.78 is 4.77. The van der Waals surface area contributed by atoms with Gasteiger partial charge in [0.15, 0.2) is 0 Å². The Bertz CT molecular complexity index is 305. The standard InChI is InChI=1S/C12H19NO3/c1-13(9-5-3-6-9)10(14)12(7-4-8-12)11(15)16-2/h9H,3-8H2,1-2H3. The average Bonchev–Trinajstić information content (AvgIpc) is 2.12. The summed E-state index contributed by atoms with van der Waals surface area (Å²) in [5.74, 6) is -0.384. The lowest BCUT2D eigenvalue weighted by atomic mass is 9.67. The van der Waals surface area contributed by atoms with Crippen LogP contribution in [0.1, 0.15) is 38.5 Å². The second kappa shape index (κ2) is 4.07. The highest BCUT2D eigenvalue weighted by atomic mass is 16.5. The summed E-state index contributed by atoms with van der Waals surface area (Å²) in [6.45, 7) is 0. The average molecular weight is 225 g/mol. The van der Waals surface area contributed by atoms with Crippen molar-refractivity contribution < 1.29 is 14.3 Å². The van der Waals surface area contributed by atoms with Crippen molar-refractivity contribution >= 4 is 11.9 Å². The minimum Gasteiger partial charge on any atom is -0.468 e. The van der Waals surface area contributed by atoms with E-state index in [4.69, 9.17) is 4.74 Å². The van der Waals surface area contributed by atoms with Crippen molar-refractivity contribution in [3.63, 3.8) is 0 Å². The topological polar surface area (TPSA) is 46.6 Å². The molecule has 0 radical (unpaired) electrons. The van der Waals surface area contributed by atoms with Crippen molar-refractivity contribution in [2.75, 3.05) is 14.2 Å². The quantitative estimate of drug-likeness (QED) is 0.538. The molecular weight excluding hydrogens is 206 g/mol. The number of carbonyl (C=O) groups is 2. The Balaban J connectivity index is 2.08. The van der Waals surface area contributed by atoms with Crippen LogP contribution >= 0.6 is 0 Å². The van der Waals surface area contributed by atoms with Crippen LogP contribution in [0.5, 0.6) is 0 Å². The van der Waals surface area contributed by atoms with Gasteiger partial charge in [0.2, 0.25) is 5.91 Å². The van der Waals surface area contributed by atoms with Crippen LogP contribution in [0, 0.1) is 5.41 Å². The molecule has 0 saturated heterocycles. The van der Waals surface area contributed by atoms with Gasteiger partial charge in [-0.25, -0.2) is 0 Å². The summed E-state index contributed by atoms with van der Waals surface area (Å²) in [6.07, 6.45) is 5.57. The first-order valence-corrected chi connectivity index (χ1v) is 5.97. The van der Waals surface area contributed by atoms with Gasteiger partial charge < -0.3 is 9.64 Å². The SMILES string of the molecule is COC(=O)C1(C(=O)N(C)C2CCC2)CCC1. The van der Waals surface area contributed by atoms with Crippen LogP contribution in [0.4, 0.5) is 0 Å². The van der Waals surface area contributed by atoms with Crippen LogP contribution in [0.25, 0.3) is 0 Å². The summed E-state index contributed by atoms with van der Waals surface area (Å²) >= 11 is 0. The van der Waals surface area contributed by atoms with Crippen LogP contribution < -0.4 is 0 Å². The molecule has 4 heteroatoms. The maximum Gasteiger partial charge on any atom is 0.321 e. The van der Waals surface area contributed by atoms with Crippen molar-refractivity contribution in [2.45, 2.75) is 44.6 Å². The molecule has 16 heavy (non-hydrogen) atoms. The van der Waals surface area contributed by atoms with Crippen molar-refractivity contribution in [2.24, 2.45) is 5.41 Å². The molecule has 0 aliphatic heterocycles. The van der Waals surface area contributed by atoms with Gasteiger partial charge >= 0.3 is 5.97 Å². The van der Waals surface area contributed by atoms with Crippen molar-refractivity contribution in [1.29, 1.82) is 0 Å². The van der Waals surface area contributed by atoms with Crippen molar-refractivity contribution in [3.8, 4) is 0 Å². The van der Waals surface area contributed by atoms with Crippen LogP contribution in [0.3, 0.4) is 0 Å². The summed E-state index contributed by atoms with van der Waals surface area (Å²) in [5, 5.41) is 0. The highest BCUT2D eigenvalue weighted by Gasteiger charge is 2.54. The molecule has 2 fully saturated rings. The lowest BCUT2D eigenvalue weighted by Gasteiger charge is -2.44. The van der Waals surface area contributed by atoms with Gasteiger partial charge in [-0.1, -0.05) is 6.42 Å². The second-order valence-electron chi connectivity index (χ2n) is 4.93. The van der Waals surface area contributed by atoms with Gasteiger partial charge in [0.25, 0.3) is 0 Å². The van der Waals surface area contributed by atoms with Crippen LogP contribution in [0.15, 0.2) is 0 Å². The van der Waals surface area contributed by atoms with Gasteiger partial charge in [0, 0.05) is 13.1 Å². The number of methoxy groups -OCH3 is 1. The molecule has 0 spiro atoms. The molecule has 4 nitrogen and oxygen atoms in total. The van der Waals surface area contributed by atoms with Crippen LogP contribution in [-0.4, -0.2) is 37.0 Å². The van der Waals surface area contributed by atoms with E-state index in [1.807, 2.05) is 7.05 Å². The first kappa shape index (κ1) is 11.4. The van der Waals surface area contributed by atoms with E-state index in [2.05, 4.69) is 0 Å². The molecular formula is C12H19NO3. The summed E-state index contributed by atoms with van der Waals surface area (Å²) in [6, 6.07) is 0.342. The van der Waals surface area contributed by atoms with E-state index in [0.717, 1.165) is 19.3 Å². The Morgan fingerprint density at radius 3 is 2.19 bits per heavy atom. The smallest absolute Gasteiger partial charge is 0.321 e. The third kappa shape index (κ3) is 1.51. The number of nitrogens with zero attached hydrogens (tertiary/aromatic N) is 1. The summed E-state index contributed by atoms with van der Waals surface area (Å²) in [7, 11) is 3.17. The Morgan fingerprint density at radius 2 is 1.88 bits per heavy atom. The molecule has 0 bridgehead atoms. The van der Waals surface area contributed by atoms with E-state index >= 15 is 0 Å². The monoisotopic (exact) mass is 225 g/mol. The molecule has 0 aromatic heterocycles. The fraction of sp³-hybridized carbons (Fsp3) is 0.833. The molecule has 0 atom stereocenters. The van der Waals surface area contributed by atoms with Crippen LogP contribution in [0.2, 0.25) is 0 Å². The maximum absolute atomic E-state index is 12.3. The third-order valence-corrected chi connectivity index (χ3v) is 4.14. The van der Waals surface area contributed by atoms with Gasteiger partial charge in [-0.15, -0.1) is 0 Å². The number of hydrogen-bond donors (Lipinski definition) is 0. The zero-order valence-electron chi connectivity index (χ0n) is 9.99. The maximum atomic E-state index is 12.3. The number of rotatable bonds is 3. The number of hydrogen-bond acceptors (Lipinski definition) is 3. The summed E-state index contributed by atoms with van der Waals surface area (Å²) in [4.78, 5) is 25.8. The second-order valence-corrected chi connectivity index (χ2v) is 4.93. The zero-order valence-corrected chi connectivity index (χ0v) is 9.99. The molecule has 0 unspecified atom stereocenters. The number of esters is 1. The Labute approximate surface area is 95.9 Å². The molecule has 0 heterocycles. The molecule has 0 aromatic carbocycles. The largest absolute Gasteiger partial charge is 0.468 e. The predicted molar refractivity (Wildman–Crippen MR) is 58.7 cm³/mol. The van der Waals surface area contributed by atoms with Crippen molar-refractivity contribution in [3.05, 3.63) is 0 Å². The molecule has 1 amide bonds. The van der Waals surface area contributed by atoms with Gasteiger partial charge in [-0.05, 0) is 32.1 Å². The fourth-order valence-electron chi connectivity index (χ4n) is 2.51. The zero-order chi connectivity index (χ0) is 11.8. The lowest BCUT2D eigenvalue weighted by Crippen LogP contribution is -2.55. The van der Waals surface area contributed by atoms with Gasteiger partial charge in [-0.2, -0.15) is 0 Å². The normalized spacial score (nSPS) is 22.9. The molecule has 2 saturated carbocycles. The highest BCUT2D eigenvalue weighted by molar-refractivity contribution is 6.03. The fourth-order valence-corrected chi connectivity index (χ4v) is 2.51. The van der Waals surface area contributed by atoms with Crippen molar-refractivity contribution in [1.82, 2.24) is 4.90 Å². The van der Waals surface area contributed by atoms with E-state index in [0.29, 0.717) is 18.9 Å². The predicted octanol–water partition coefficient (Wildman–Crippen LogP) is 1.34. The number of ether oxygens (including phenoxy) is 1. The van der Waals surface area contributed by atoms with E-state index in [1.165, 1.54) is 13.5 Å². The van der Waals surface area contributed by atoms with E-state index in [1.54, 1.807) is 4.90 Å². The minimum atomic E-state index is -0.848. The lowest BCUT2D eigenvalue weighted by molar-refractivity contribution is -0.171. The first-order valence-electron chi connectivity index (χ1n) is 5.97. The summed E-state index contributed by atoms with van der Waals surface area (Å²) in [5.41, 5.74) is -0.848. The van der Waals surface area contributed by atoms with Gasteiger partial charge in [0.1, 0.15) is 5.41 Å². The highest BCUT2D eigenvalue weighted by Crippen LogP contribution is 2.44. The number of carbonyl (C=O) groups excluding carboxylic acids is 2. The first-order chi connectivity index (χ1) is 7.62. The van der Waals surface area contributed by atoms with E-state index < -0.39 is 5.41 Å². The van der Waals surface area contributed by atoms with Crippen LogP contribution in [-0.2, 0) is 14.3 Å². The molecule has 90 valence electrons. The molecule has 2 rings (SSSR count). The van der Waals surface area contributed by atoms with Gasteiger partial charge in [0.05, 0.1) is 7.11 Å². The molecule has 2 aliphatic carbocycles. The third-order valence-electron chi connectivity index (χ3n) is 4.14. The molecule has 0 N–H and O–H groups in total. The minimum absolute atomic E-state index is 0.0321. The molecule has 0 aromatic rings. The van der Waals surface area contributed by atoms with Gasteiger partial charge in [-0.3, -0.25) is 9.59 Å². The Morgan fingerprint density at radius 1 is 1.25 bits per heavy atom. The number of amides is 1. The van der Waals surface area contributed by atoms with E-state index in [9.17, 15) is 9.59 Å². The van der Waals surface area contributed by atoms with E-state index in [-0.39, 0.29) is 11.9 Å². The Hall–Kier alpha value is -1.06. The molecule has 2 aliphatic rings.